The van der Waals surface area contributed by atoms with Gasteiger partial charge < -0.3 is 10.4 Å². The van der Waals surface area contributed by atoms with E-state index in [1.54, 1.807) is 6.07 Å². The Morgan fingerprint density at radius 2 is 1.89 bits per heavy atom. The van der Waals surface area contributed by atoms with Gasteiger partial charge in [-0.1, -0.05) is 31.0 Å². The molecule has 0 aliphatic rings. The van der Waals surface area contributed by atoms with E-state index in [0.29, 0.717) is 5.75 Å². The Labute approximate surface area is 115 Å². The molecule has 0 aliphatic carbocycles. The van der Waals surface area contributed by atoms with Gasteiger partial charge >= 0.3 is 0 Å². The Morgan fingerprint density at radius 1 is 1.17 bits per heavy atom. The zero-order chi connectivity index (χ0) is 13.2. The molecule has 0 saturated carbocycles. The molecule has 0 radical (unpaired) electrons. The van der Waals surface area contributed by atoms with Crippen LogP contribution in [0.15, 0.2) is 24.3 Å². The molecule has 0 fully saturated rings. The third-order valence-electron chi connectivity index (χ3n) is 3.13. The summed E-state index contributed by atoms with van der Waals surface area (Å²) in [7, 11) is 0. The van der Waals surface area contributed by atoms with Crippen LogP contribution in [-0.4, -0.2) is 23.7 Å². The van der Waals surface area contributed by atoms with E-state index in [-0.39, 0.29) is 6.04 Å². The molecule has 1 atom stereocenters. The highest BCUT2D eigenvalue weighted by Gasteiger charge is 2.07. The minimum atomic E-state index is 0.220. The largest absolute Gasteiger partial charge is 0.508 e. The van der Waals surface area contributed by atoms with Crippen LogP contribution in [0.4, 0.5) is 0 Å². The van der Waals surface area contributed by atoms with Crippen LogP contribution in [0.25, 0.3) is 0 Å². The number of phenolic OH excluding ortho intramolecular Hbond substituents is 1. The first kappa shape index (κ1) is 15.4. The van der Waals surface area contributed by atoms with E-state index in [2.05, 4.69) is 18.5 Å². The normalized spacial score (nSPS) is 12.6. The first-order chi connectivity index (χ1) is 8.75. The first-order valence-electron chi connectivity index (χ1n) is 6.76. The number of aromatic hydroxyl groups is 1. The van der Waals surface area contributed by atoms with E-state index >= 15 is 0 Å². The van der Waals surface area contributed by atoms with Gasteiger partial charge in [-0.15, -0.1) is 0 Å². The van der Waals surface area contributed by atoms with Gasteiger partial charge in [0.25, 0.3) is 0 Å². The van der Waals surface area contributed by atoms with Crippen LogP contribution in [0.1, 0.15) is 44.2 Å². The van der Waals surface area contributed by atoms with Crippen LogP contribution in [0, 0.1) is 0 Å². The van der Waals surface area contributed by atoms with E-state index < -0.39 is 0 Å². The molecule has 3 heteroatoms. The Morgan fingerprint density at radius 3 is 2.61 bits per heavy atom. The molecule has 0 amide bonds. The zero-order valence-electron chi connectivity index (χ0n) is 11.5. The molecule has 1 aromatic carbocycles. The van der Waals surface area contributed by atoms with E-state index in [1.807, 2.05) is 30.0 Å². The third-order valence-corrected chi connectivity index (χ3v) is 3.83. The second-order valence-electron chi connectivity index (χ2n) is 4.64. The minimum absolute atomic E-state index is 0.220. The highest BCUT2D eigenvalue weighted by molar-refractivity contribution is 7.98. The standard InChI is InChI=1S/C15H25NOS/c1-13(14-9-5-6-10-15(14)17)16-11-7-3-4-8-12-18-2/h5-6,9-10,13,16-17H,3-4,7-8,11-12H2,1-2H3. The number of rotatable bonds is 9. The molecule has 0 bridgehead atoms. The second kappa shape index (κ2) is 9.29. The number of thioether (sulfide) groups is 1. The lowest BCUT2D eigenvalue weighted by Crippen LogP contribution is -2.19. The van der Waals surface area contributed by atoms with Gasteiger partial charge in [-0.3, -0.25) is 0 Å². The van der Waals surface area contributed by atoms with Crippen LogP contribution in [0.5, 0.6) is 5.75 Å². The maximum atomic E-state index is 9.74. The SMILES string of the molecule is CSCCCCCCNC(C)c1ccccc1O. The van der Waals surface area contributed by atoms with Gasteiger partial charge in [0.15, 0.2) is 0 Å². The summed E-state index contributed by atoms with van der Waals surface area (Å²) in [6.45, 7) is 3.12. The maximum absolute atomic E-state index is 9.74. The molecule has 1 unspecified atom stereocenters. The molecule has 2 nitrogen and oxygen atoms in total. The summed E-state index contributed by atoms with van der Waals surface area (Å²) in [5.41, 5.74) is 0.986. The van der Waals surface area contributed by atoms with E-state index in [0.717, 1.165) is 12.1 Å². The molecule has 0 aromatic heterocycles. The van der Waals surface area contributed by atoms with Crippen molar-refractivity contribution in [1.29, 1.82) is 0 Å². The summed E-state index contributed by atoms with van der Waals surface area (Å²) in [5.74, 6) is 1.67. The number of hydrogen-bond acceptors (Lipinski definition) is 3. The van der Waals surface area contributed by atoms with Gasteiger partial charge in [0.1, 0.15) is 5.75 Å². The topological polar surface area (TPSA) is 32.3 Å². The summed E-state index contributed by atoms with van der Waals surface area (Å²) in [6, 6.07) is 7.77. The molecule has 0 spiro atoms. The quantitative estimate of drug-likeness (QED) is 0.664. The van der Waals surface area contributed by atoms with Crippen LogP contribution in [0.2, 0.25) is 0 Å². The lowest BCUT2D eigenvalue weighted by Gasteiger charge is -2.15. The maximum Gasteiger partial charge on any atom is 0.120 e. The van der Waals surface area contributed by atoms with E-state index in [9.17, 15) is 5.11 Å². The molecule has 18 heavy (non-hydrogen) atoms. The number of para-hydroxylation sites is 1. The van der Waals surface area contributed by atoms with E-state index in [4.69, 9.17) is 0 Å². The summed E-state index contributed by atoms with van der Waals surface area (Å²) in [6.07, 6.45) is 7.33. The molecule has 2 N–H and O–H groups in total. The Balaban J connectivity index is 2.14. The fraction of sp³-hybridized carbons (Fsp3) is 0.600. The van der Waals surface area contributed by atoms with Gasteiger partial charge in [0.05, 0.1) is 0 Å². The number of benzene rings is 1. The molecule has 0 aliphatic heterocycles. The monoisotopic (exact) mass is 267 g/mol. The summed E-state index contributed by atoms with van der Waals surface area (Å²) in [5, 5.41) is 13.2. The lowest BCUT2D eigenvalue weighted by molar-refractivity contribution is 0.450. The van der Waals surface area contributed by atoms with Crippen molar-refractivity contribution < 1.29 is 5.11 Å². The minimum Gasteiger partial charge on any atom is -0.508 e. The smallest absolute Gasteiger partial charge is 0.120 e. The van der Waals surface area contributed by atoms with Gasteiger partial charge in [-0.25, -0.2) is 0 Å². The van der Waals surface area contributed by atoms with Crippen LogP contribution in [0.3, 0.4) is 0 Å². The fourth-order valence-corrected chi connectivity index (χ4v) is 2.50. The van der Waals surface area contributed by atoms with Crippen molar-refractivity contribution >= 4 is 11.8 Å². The number of hydrogen-bond donors (Lipinski definition) is 2. The summed E-state index contributed by atoms with van der Waals surface area (Å²) < 4.78 is 0. The number of nitrogens with one attached hydrogen (secondary N) is 1. The summed E-state index contributed by atoms with van der Waals surface area (Å²) >= 11 is 1.93. The second-order valence-corrected chi connectivity index (χ2v) is 5.63. The molecular weight excluding hydrogens is 242 g/mol. The average molecular weight is 267 g/mol. The molecule has 102 valence electrons. The van der Waals surface area contributed by atoms with Crippen molar-refractivity contribution in [3.8, 4) is 5.75 Å². The van der Waals surface area contributed by atoms with Crippen molar-refractivity contribution in [3.63, 3.8) is 0 Å². The Kier molecular flexibility index (Phi) is 7.94. The predicted octanol–water partition coefficient (Wildman–Crippen LogP) is 3.97. The molecule has 1 rings (SSSR count). The van der Waals surface area contributed by atoms with Crippen LogP contribution < -0.4 is 5.32 Å². The predicted molar refractivity (Wildman–Crippen MR) is 81.4 cm³/mol. The van der Waals surface area contributed by atoms with Gasteiger partial charge in [-0.05, 0) is 44.4 Å². The Bertz CT molecular complexity index is 330. The first-order valence-corrected chi connectivity index (χ1v) is 8.15. The van der Waals surface area contributed by atoms with Crippen molar-refractivity contribution in [2.75, 3.05) is 18.6 Å². The van der Waals surface area contributed by atoms with Gasteiger partial charge in [0.2, 0.25) is 0 Å². The van der Waals surface area contributed by atoms with Crippen LogP contribution >= 0.6 is 11.8 Å². The Hall–Kier alpha value is -0.670. The molecule has 1 aromatic rings. The van der Waals surface area contributed by atoms with Gasteiger partial charge in [-0.2, -0.15) is 11.8 Å². The molecular formula is C15H25NOS. The summed E-state index contributed by atoms with van der Waals surface area (Å²) in [4.78, 5) is 0. The van der Waals surface area contributed by atoms with E-state index in [1.165, 1.54) is 31.4 Å². The van der Waals surface area contributed by atoms with Crippen molar-refractivity contribution in [1.82, 2.24) is 5.32 Å². The number of unbranched alkanes of at least 4 members (excludes halogenated alkanes) is 3. The molecule has 0 heterocycles. The van der Waals surface area contributed by atoms with Crippen molar-refractivity contribution in [2.24, 2.45) is 0 Å². The third kappa shape index (κ3) is 5.78. The lowest BCUT2D eigenvalue weighted by atomic mass is 10.1. The van der Waals surface area contributed by atoms with Crippen molar-refractivity contribution in [3.05, 3.63) is 29.8 Å². The number of phenols is 1. The van der Waals surface area contributed by atoms with Gasteiger partial charge in [0, 0.05) is 11.6 Å². The highest BCUT2D eigenvalue weighted by Crippen LogP contribution is 2.22. The fourth-order valence-electron chi connectivity index (χ4n) is 2.01. The van der Waals surface area contributed by atoms with Crippen molar-refractivity contribution in [2.45, 2.75) is 38.6 Å². The average Bonchev–Trinajstić information content (AvgIpc) is 2.38. The molecule has 0 saturated heterocycles. The van der Waals surface area contributed by atoms with Crippen LogP contribution in [-0.2, 0) is 0 Å². The highest BCUT2D eigenvalue weighted by atomic mass is 32.2. The zero-order valence-corrected chi connectivity index (χ0v) is 12.3.